The van der Waals surface area contributed by atoms with Crippen LogP contribution in [0.4, 0.5) is 0 Å². The van der Waals surface area contributed by atoms with Gasteiger partial charge in [0, 0.05) is 25.6 Å². The molecule has 6 heteroatoms. The molecule has 0 radical (unpaired) electrons. The lowest BCUT2D eigenvalue weighted by atomic mass is 10.0. The largest absolute Gasteiger partial charge is 0.493 e. The molecule has 1 aliphatic rings. The third-order valence-electron chi connectivity index (χ3n) is 4.34. The van der Waals surface area contributed by atoms with Gasteiger partial charge in [-0.15, -0.1) is 0 Å². The van der Waals surface area contributed by atoms with Gasteiger partial charge in [0.2, 0.25) is 11.8 Å². The average molecular weight is 334 g/mol. The molecule has 0 aliphatic carbocycles. The topological polar surface area (TPSA) is 67.9 Å². The van der Waals surface area contributed by atoms with E-state index < -0.39 is 0 Å². The van der Waals surface area contributed by atoms with Crippen molar-refractivity contribution in [1.82, 2.24) is 10.2 Å². The lowest BCUT2D eigenvalue weighted by Gasteiger charge is -2.32. The van der Waals surface area contributed by atoms with E-state index in [9.17, 15) is 9.59 Å². The van der Waals surface area contributed by atoms with Gasteiger partial charge >= 0.3 is 0 Å². The number of hydrogen-bond donors (Lipinski definition) is 1. The van der Waals surface area contributed by atoms with Gasteiger partial charge in [-0.3, -0.25) is 9.59 Å². The van der Waals surface area contributed by atoms with Crippen molar-refractivity contribution in [2.45, 2.75) is 38.6 Å². The highest BCUT2D eigenvalue weighted by Gasteiger charge is 2.23. The number of ether oxygens (including phenoxy) is 2. The van der Waals surface area contributed by atoms with E-state index in [0.29, 0.717) is 37.4 Å². The molecular formula is C18H26N2O4. The van der Waals surface area contributed by atoms with E-state index in [-0.39, 0.29) is 17.9 Å². The number of carbonyl (C=O) groups is 2. The minimum absolute atomic E-state index is 0.0742. The van der Waals surface area contributed by atoms with Crippen LogP contribution in [0, 0.1) is 0 Å². The highest BCUT2D eigenvalue weighted by Crippen LogP contribution is 2.28. The molecule has 1 N–H and O–H groups in total. The van der Waals surface area contributed by atoms with E-state index in [1.54, 1.807) is 14.2 Å². The van der Waals surface area contributed by atoms with Gasteiger partial charge in [0.05, 0.1) is 20.6 Å². The van der Waals surface area contributed by atoms with Crippen LogP contribution in [0.25, 0.3) is 0 Å². The van der Waals surface area contributed by atoms with Crippen molar-refractivity contribution in [3.63, 3.8) is 0 Å². The number of benzene rings is 1. The smallest absolute Gasteiger partial charge is 0.226 e. The molecule has 6 nitrogen and oxygen atoms in total. The Morgan fingerprint density at radius 2 is 1.83 bits per heavy atom. The van der Waals surface area contributed by atoms with Gasteiger partial charge in [-0.1, -0.05) is 13.0 Å². The van der Waals surface area contributed by atoms with E-state index in [0.717, 1.165) is 18.4 Å². The van der Waals surface area contributed by atoms with E-state index in [1.165, 1.54) is 0 Å². The highest BCUT2D eigenvalue weighted by molar-refractivity contribution is 5.79. The van der Waals surface area contributed by atoms with Crippen LogP contribution >= 0.6 is 0 Å². The molecule has 132 valence electrons. The number of amides is 2. The molecule has 1 saturated heterocycles. The van der Waals surface area contributed by atoms with E-state index in [2.05, 4.69) is 5.32 Å². The maximum Gasteiger partial charge on any atom is 0.226 e. The Morgan fingerprint density at radius 1 is 1.17 bits per heavy atom. The fourth-order valence-electron chi connectivity index (χ4n) is 2.88. The van der Waals surface area contributed by atoms with Gasteiger partial charge in [0.15, 0.2) is 11.5 Å². The maximum absolute atomic E-state index is 12.5. The summed E-state index contributed by atoms with van der Waals surface area (Å²) in [6, 6.07) is 5.72. The van der Waals surface area contributed by atoms with Gasteiger partial charge in [-0.25, -0.2) is 0 Å². The first kappa shape index (κ1) is 18.1. The van der Waals surface area contributed by atoms with Crippen molar-refractivity contribution in [3.8, 4) is 11.5 Å². The highest BCUT2D eigenvalue weighted by atomic mass is 16.5. The normalized spacial score (nSPS) is 15.0. The summed E-state index contributed by atoms with van der Waals surface area (Å²) < 4.78 is 10.5. The summed E-state index contributed by atoms with van der Waals surface area (Å²) >= 11 is 0. The maximum atomic E-state index is 12.5. The summed E-state index contributed by atoms with van der Waals surface area (Å²) in [5.41, 5.74) is 0.902. The lowest BCUT2D eigenvalue weighted by molar-refractivity contribution is -0.131. The number of nitrogens with one attached hydrogen (secondary N) is 1. The van der Waals surface area contributed by atoms with Gasteiger partial charge in [0.1, 0.15) is 0 Å². The predicted molar refractivity (Wildman–Crippen MR) is 91.3 cm³/mol. The number of rotatable bonds is 6. The Balaban J connectivity index is 1.88. The number of likely N-dealkylation sites (tertiary alicyclic amines) is 1. The minimum atomic E-state index is 0.0742. The first-order valence-corrected chi connectivity index (χ1v) is 8.35. The molecule has 1 aromatic rings. The van der Waals surface area contributed by atoms with Crippen molar-refractivity contribution in [2.24, 2.45) is 0 Å². The van der Waals surface area contributed by atoms with Crippen molar-refractivity contribution in [1.29, 1.82) is 0 Å². The van der Waals surface area contributed by atoms with Crippen LogP contribution < -0.4 is 14.8 Å². The quantitative estimate of drug-likeness (QED) is 0.861. The van der Waals surface area contributed by atoms with E-state index in [1.807, 2.05) is 30.0 Å². The molecule has 0 unspecified atom stereocenters. The van der Waals surface area contributed by atoms with Crippen molar-refractivity contribution in [3.05, 3.63) is 23.8 Å². The predicted octanol–water partition coefficient (Wildman–Crippen LogP) is 1.76. The molecule has 1 aliphatic heterocycles. The first-order chi connectivity index (χ1) is 11.6. The third kappa shape index (κ3) is 4.63. The van der Waals surface area contributed by atoms with Gasteiger partial charge < -0.3 is 19.7 Å². The zero-order chi connectivity index (χ0) is 17.5. The summed E-state index contributed by atoms with van der Waals surface area (Å²) in [6.07, 6.45) is 2.46. The molecule has 2 rings (SSSR count). The molecule has 0 atom stereocenters. The van der Waals surface area contributed by atoms with Gasteiger partial charge in [-0.2, -0.15) is 0 Å². The molecule has 24 heavy (non-hydrogen) atoms. The van der Waals surface area contributed by atoms with Crippen molar-refractivity contribution >= 4 is 11.8 Å². The molecule has 2 amide bonds. The minimum Gasteiger partial charge on any atom is -0.493 e. The number of methoxy groups -OCH3 is 2. The fraction of sp³-hybridized carbons (Fsp3) is 0.556. The Morgan fingerprint density at radius 3 is 2.42 bits per heavy atom. The molecule has 1 heterocycles. The number of carbonyl (C=O) groups excluding carboxylic acids is 2. The number of hydrogen-bond acceptors (Lipinski definition) is 4. The zero-order valence-electron chi connectivity index (χ0n) is 14.6. The monoisotopic (exact) mass is 334 g/mol. The number of piperidine rings is 1. The lowest BCUT2D eigenvalue weighted by Crippen LogP contribution is -2.46. The summed E-state index contributed by atoms with van der Waals surface area (Å²) in [7, 11) is 3.17. The van der Waals surface area contributed by atoms with E-state index >= 15 is 0 Å². The van der Waals surface area contributed by atoms with Crippen LogP contribution in [0.5, 0.6) is 11.5 Å². The molecular weight excluding hydrogens is 308 g/mol. The second-order valence-corrected chi connectivity index (χ2v) is 5.94. The Hall–Kier alpha value is -2.24. The molecule has 0 saturated carbocycles. The van der Waals surface area contributed by atoms with Crippen LogP contribution in [0.1, 0.15) is 31.7 Å². The van der Waals surface area contributed by atoms with Crippen LogP contribution in [-0.4, -0.2) is 50.1 Å². The average Bonchev–Trinajstić information content (AvgIpc) is 2.61. The summed E-state index contributed by atoms with van der Waals surface area (Å²) in [5, 5.41) is 3.00. The molecule has 1 fully saturated rings. The van der Waals surface area contributed by atoms with E-state index in [4.69, 9.17) is 9.47 Å². The first-order valence-electron chi connectivity index (χ1n) is 8.35. The van der Waals surface area contributed by atoms with Crippen LogP contribution in [0.3, 0.4) is 0 Å². The van der Waals surface area contributed by atoms with Crippen LogP contribution in [0.15, 0.2) is 18.2 Å². The third-order valence-corrected chi connectivity index (χ3v) is 4.34. The molecule has 0 bridgehead atoms. The molecule has 0 spiro atoms. The summed E-state index contributed by atoms with van der Waals surface area (Å²) in [6.45, 7) is 3.21. The second kappa shape index (κ2) is 8.57. The van der Waals surface area contributed by atoms with Gasteiger partial charge in [0.25, 0.3) is 0 Å². The number of nitrogens with zero attached hydrogens (tertiary/aromatic N) is 1. The molecule has 1 aromatic carbocycles. The Bertz CT molecular complexity index is 580. The van der Waals surface area contributed by atoms with Crippen molar-refractivity contribution < 1.29 is 19.1 Å². The fourth-order valence-corrected chi connectivity index (χ4v) is 2.88. The summed E-state index contributed by atoms with van der Waals surface area (Å²) in [5.74, 6) is 1.46. The molecule has 0 aromatic heterocycles. The van der Waals surface area contributed by atoms with Crippen molar-refractivity contribution in [2.75, 3.05) is 27.3 Å². The standard InChI is InChI=1S/C18H26N2O4/c1-4-17(21)19-14-7-9-20(10-8-14)18(22)12-13-5-6-15(23-2)16(11-13)24-3/h5-6,11,14H,4,7-10,12H2,1-3H3,(H,19,21). The SMILES string of the molecule is CCC(=O)NC1CCN(C(=O)Cc2ccc(OC)c(OC)c2)CC1. The Labute approximate surface area is 143 Å². The second-order valence-electron chi connectivity index (χ2n) is 5.94. The zero-order valence-corrected chi connectivity index (χ0v) is 14.6. The van der Waals surface area contributed by atoms with Gasteiger partial charge in [-0.05, 0) is 30.5 Å². The van der Waals surface area contributed by atoms with Crippen LogP contribution in [-0.2, 0) is 16.0 Å². The summed E-state index contributed by atoms with van der Waals surface area (Å²) in [4.78, 5) is 25.8. The van der Waals surface area contributed by atoms with Crippen LogP contribution in [0.2, 0.25) is 0 Å². The Kier molecular flexibility index (Phi) is 6.46.